The first-order chi connectivity index (χ1) is 24.9. The SMILES string of the molecule is CCCc1nc(C(C)S)c(C(=O)O)n1Cc1ccc(-c2ccccc2-c2nnnn2C(c2ccccc2)(c2ccccc2)c2ccccc2)cc1. The van der Waals surface area contributed by atoms with E-state index < -0.39 is 11.5 Å². The Kier molecular flexibility index (Phi) is 9.63. The van der Waals surface area contributed by atoms with Gasteiger partial charge in [-0.2, -0.15) is 12.6 Å². The van der Waals surface area contributed by atoms with Crippen LogP contribution in [0.1, 0.15) is 69.8 Å². The minimum absolute atomic E-state index is 0.195. The Bertz CT molecular complexity index is 2150. The van der Waals surface area contributed by atoms with Crippen LogP contribution in [-0.2, 0) is 18.5 Å². The number of tetrazole rings is 1. The molecule has 2 aromatic heterocycles. The largest absolute Gasteiger partial charge is 0.477 e. The molecule has 1 unspecified atom stereocenters. The van der Waals surface area contributed by atoms with E-state index >= 15 is 0 Å². The van der Waals surface area contributed by atoms with Gasteiger partial charge in [0.25, 0.3) is 0 Å². The van der Waals surface area contributed by atoms with Gasteiger partial charge in [0.05, 0.1) is 5.69 Å². The molecule has 0 saturated carbocycles. The average molecular weight is 691 g/mol. The predicted molar refractivity (Wildman–Crippen MR) is 203 cm³/mol. The summed E-state index contributed by atoms with van der Waals surface area (Å²) < 4.78 is 3.77. The van der Waals surface area contributed by atoms with E-state index in [4.69, 9.17) is 10.2 Å². The van der Waals surface area contributed by atoms with Crippen molar-refractivity contribution in [1.29, 1.82) is 0 Å². The van der Waals surface area contributed by atoms with Crippen LogP contribution in [0.2, 0.25) is 0 Å². The quantitative estimate of drug-likeness (QED) is 0.0983. The summed E-state index contributed by atoms with van der Waals surface area (Å²) in [5.41, 5.74) is 6.67. The molecule has 5 aromatic carbocycles. The van der Waals surface area contributed by atoms with E-state index in [2.05, 4.69) is 90.5 Å². The highest BCUT2D eigenvalue weighted by molar-refractivity contribution is 7.80. The maximum absolute atomic E-state index is 12.4. The van der Waals surface area contributed by atoms with Gasteiger partial charge in [0.2, 0.25) is 0 Å². The predicted octanol–water partition coefficient (Wildman–Crippen LogP) is 8.73. The summed E-state index contributed by atoms with van der Waals surface area (Å²) in [6.07, 6.45) is 1.53. The van der Waals surface area contributed by atoms with Gasteiger partial charge in [-0.1, -0.05) is 146 Å². The highest BCUT2D eigenvalue weighted by Crippen LogP contribution is 2.43. The van der Waals surface area contributed by atoms with E-state index in [1.165, 1.54) is 0 Å². The topological polar surface area (TPSA) is 98.7 Å². The molecule has 0 aliphatic rings. The van der Waals surface area contributed by atoms with Crippen molar-refractivity contribution in [3.63, 3.8) is 0 Å². The maximum Gasteiger partial charge on any atom is 0.354 e. The van der Waals surface area contributed by atoms with E-state index in [9.17, 15) is 9.90 Å². The normalized spacial score (nSPS) is 12.1. The number of hydrogen-bond donors (Lipinski definition) is 2. The number of benzene rings is 5. The van der Waals surface area contributed by atoms with Crippen LogP contribution in [0.3, 0.4) is 0 Å². The molecule has 0 fully saturated rings. The number of carbonyl (C=O) groups is 1. The standard InChI is InChI=1S/C42H38N6O2S/c1-3-15-37-43-38(29(2)51)39(41(49)50)47(37)28-30-24-26-31(27-25-30)35-22-13-14-23-36(35)40-44-45-46-48(40)42(32-16-7-4-8-17-32,33-18-9-5-10-19-33)34-20-11-6-12-21-34/h4-14,16-27,29,51H,3,15,28H2,1-2H3,(H,49,50). The van der Waals surface area contributed by atoms with Gasteiger partial charge in [0.1, 0.15) is 11.4 Å². The molecule has 1 N–H and O–H groups in total. The van der Waals surface area contributed by atoms with Crippen LogP contribution in [0.15, 0.2) is 140 Å². The number of aromatic carboxylic acids is 1. The summed E-state index contributed by atoms with van der Waals surface area (Å²) in [6, 6.07) is 47.4. The Balaban J connectivity index is 1.34. The Morgan fingerprint density at radius 1 is 0.765 bits per heavy atom. The number of thiol groups is 1. The zero-order chi connectivity index (χ0) is 35.4. The molecular formula is C42H38N6O2S. The van der Waals surface area contributed by atoms with Gasteiger partial charge < -0.3 is 9.67 Å². The summed E-state index contributed by atoms with van der Waals surface area (Å²) in [4.78, 5) is 17.1. The fraction of sp³-hybridized carbons (Fsp3) is 0.167. The van der Waals surface area contributed by atoms with Crippen molar-refractivity contribution in [3.8, 4) is 22.5 Å². The lowest BCUT2D eigenvalue weighted by atomic mass is 9.77. The number of aryl methyl sites for hydroxylation is 1. The average Bonchev–Trinajstić information content (AvgIpc) is 3.80. The van der Waals surface area contributed by atoms with Crippen LogP contribution in [-0.4, -0.2) is 40.8 Å². The summed E-state index contributed by atoms with van der Waals surface area (Å²) in [5.74, 6) is 0.376. The maximum atomic E-state index is 12.4. The first kappa shape index (κ1) is 33.7. The molecule has 0 saturated heterocycles. The minimum atomic E-state index is -0.999. The number of rotatable bonds is 12. The Labute approximate surface area is 302 Å². The molecule has 1 atom stereocenters. The van der Waals surface area contributed by atoms with Gasteiger partial charge in [-0.3, -0.25) is 0 Å². The fourth-order valence-corrected chi connectivity index (χ4v) is 7.19. The molecule has 2 heterocycles. The van der Waals surface area contributed by atoms with E-state index in [0.29, 0.717) is 24.5 Å². The Hall–Kier alpha value is -5.80. The summed E-state index contributed by atoms with van der Waals surface area (Å²) in [7, 11) is 0. The van der Waals surface area contributed by atoms with Gasteiger partial charge in [-0.15, -0.1) is 5.10 Å². The van der Waals surface area contributed by atoms with Crippen LogP contribution >= 0.6 is 12.6 Å². The number of imidazole rings is 1. The monoisotopic (exact) mass is 690 g/mol. The van der Waals surface area contributed by atoms with Crippen molar-refractivity contribution < 1.29 is 9.90 Å². The van der Waals surface area contributed by atoms with E-state index in [0.717, 1.165) is 51.2 Å². The zero-order valence-corrected chi connectivity index (χ0v) is 29.4. The number of aromatic nitrogens is 6. The molecule has 0 radical (unpaired) electrons. The molecule has 0 aliphatic carbocycles. The van der Waals surface area contributed by atoms with Gasteiger partial charge in [0.15, 0.2) is 11.5 Å². The Morgan fingerprint density at radius 3 is 1.80 bits per heavy atom. The summed E-state index contributed by atoms with van der Waals surface area (Å²) >= 11 is 4.53. The first-order valence-corrected chi connectivity index (χ1v) is 17.6. The van der Waals surface area contributed by atoms with E-state index in [1.807, 2.05) is 95.0 Å². The number of carboxylic acids is 1. The molecule has 51 heavy (non-hydrogen) atoms. The third-order valence-electron chi connectivity index (χ3n) is 9.28. The van der Waals surface area contributed by atoms with Gasteiger partial charge >= 0.3 is 5.97 Å². The van der Waals surface area contributed by atoms with Crippen molar-refractivity contribution in [2.24, 2.45) is 0 Å². The third kappa shape index (κ3) is 6.25. The van der Waals surface area contributed by atoms with Crippen LogP contribution < -0.4 is 0 Å². The van der Waals surface area contributed by atoms with Gasteiger partial charge in [-0.05, 0) is 57.2 Å². The molecule has 8 nitrogen and oxygen atoms in total. The highest BCUT2D eigenvalue weighted by atomic mass is 32.1. The summed E-state index contributed by atoms with van der Waals surface area (Å²) in [5, 5.41) is 23.6. The zero-order valence-electron chi connectivity index (χ0n) is 28.5. The number of nitrogens with zero attached hydrogens (tertiary/aromatic N) is 6. The van der Waals surface area contributed by atoms with Crippen LogP contribution in [0.25, 0.3) is 22.5 Å². The number of carboxylic acid groups (broad SMARTS) is 1. The van der Waals surface area contributed by atoms with E-state index in [-0.39, 0.29) is 10.9 Å². The fourth-order valence-electron chi connectivity index (χ4n) is 7.01. The van der Waals surface area contributed by atoms with Crippen LogP contribution in [0.4, 0.5) is 0 Å². The van der Waals surface area contributed by atoms with Crippen LogP contribution in [0.5, 0.6) is 0 Å². The Morgan fingerprint density at radius 2 is 1.29 bits per heavy atom. The lowest BCUT2D eigenvalue weighted by Gasteiger charge is -2.36. The second kappa shape index (κ2) is 14.6. The van der Waals surface area contributed by atoms with Crippen molar-refractivity contribution in [2.45, 2.75) is 44.0 Å². The molecule has 0 spiro atoms. The first-order valence-electron chi connectivity index (χ1n) is 17.1. The second-order valence-corrected chi connectivity index (χ2v) is 13.3. The molecule has 0 amide bonds. The molecule has 0 aliphatic heterocycles. The molecule has 254 valence electrons. The van der Waals surface area contributed by atoms with Crippen molar-refractivity contribution in [2.75, 3.05) is 0 Å². The van der Waals surface area contributed by atoms with Gasteiger partial charge in [0, 0.05) is 23.8 Å². The lowest BCUT2D eigenvalue weighted by Crippen LogP contribution is -2.39. The summed E-state index contributed by atoms with van der Waals surface area (Å²) in [6.45, 7) is 4.30. The van der Waals surface area contributed by atoms with Crippen molar-refractivity contribution >= 4 is 18.6 Å². The minimum Gasteiger partial charge on any atom is -0.477 e. The molecule has 0 bridgehead atoms. The second-order valence-electron chi connectivity index (χ2n) is 12.5. The molecule has 7 rings (SSSR count). The number of hydrogen-bond acceptors (Lipinski definition) is 6. The van der Waals surface area contributed by atoms with Crippen molar-refractivity contribution in [3.05, 3.63) is 179 Å². The smallest absolute Gasteiger partial charge is 0.354 e. The highest BCUT2D eigenvalue weighted by Gasteiger charge is 2.42. The molecule has 9 heteroatoms. The van der Waals surface area contributed by atoms with Gasteiger partial charge in [-0.25, -0.2) is 14.5 Å². The van der Waals surface area contributed by atoms with E-state index in [1.54, 1.807) is 0 Å². The molecular weight excluding hydrogens is 653 g/mol. The third-order valence-corrected chi connectivity index (χ3v) is 9.53. The lowest BCUT2D eigenvalue weighted by molar-refractivity contribution is 0.0684. The molecule has 7 aromatic rings. The van der Waals surface area contributed by atoms with Crippen LogP contribution in [0, 0.1) is 0 Å². The van der Waals surface area contributed by atoms with Crippen molar-refractivity contribution in [1.82, 2.24) is 29.8 Å².